The number of carbonyl (C=O) groups excluding carboxylic acids is 1. The number of carboxylic acids is 1. The zero-order valence-electron chi connectivity index (χ0n) is 10.7. The van der Waals surface area contributed by atoms with E-state index in [2.05, 4.69) is 11.4 Å². The van der Waals surface area contributed by atoms with Gasteiger partial charge in [-0.1, -0.05) is 18.6 Å². The molecule has 2 aliphatic rings. The maximum absolute atomic E-state index is 12.0. The van der Waals surface area contributed by atoms with Crippen LogP contribution < -0.4 is 5.32 Å². The second kappa shape index (κ2) is 4.68. The van der Waals surface area contributed by atoms with Crippen LogP contribution in [0.4, 0.5) is 5.69 Å². The molecule has 0 spiro atoms. The molecule has 4 nitrogen and oxygen atoms in total. The topological polar surface area (TPSA) is 66.4 Å². The Morgan fingerprint density at radius 3 is 2.89 bits per heavy atom. The molecule has 2 N–H and O–H groups in total. The highest BCUT2D eigenvalue weighted by Gasteiger charge is 2.38. The predicted octanol–water partition coefficient (Wildman–Crippen LogP) is 2.54. The smallest absolute Gasteiger partial charge is 0.303 e. The van der Waals surface area contributed by atoms with E-state index in [0.29, 0.717) is 12.3 Å². The lowest BCUT2D eigenvalue weighted by molar-refractivity contribution is -0.137. The fourth-order valence-electron chi connectivity index (χ4n) is 3.31. The first kappa shape index (κ1) is 12.2. The van der Waals surface area contributed by atoms with Crippen molar-refractivity contribution >= 4 is 17.6 Å². The molecule has 0 bridgehead atoms. The van der Waals surface area contributed by atoms with Gasteiger partial charge in [0, 0.05) is 18.0 Å². The van der Waals surface area contributed by atoms with Crippen LogP contribution >= 0.6 is 0 Å². The van der Waals surface area contributed by atoms with E-state index in [0.717, 1.165) is 30.5 Å². The summed E-state index contributed by atoms with van der Waals surface area (Å²) in [6, 6.07) is 5.99. The molecule has 2 unspecified atom stereocenters. The van der Waals surface area contributed by atoms with Gasteiger partial charge >= 0.3 is 5.97 Å². The lowest BCUT2D eigenvalue weighted by Crippen LogP contribution is -2.30. The summed E-state index contributed by atoms with van der Waals surface area (Å²) in [5.41, 5.74) is 3.08. The first-order valence-corrected chi connectivity index (χ1v) is 6.80. The molecular formula is C15H17NO3. The van der Waals surface area contributed by atoms with Gasteiger partial charge in [-0.25, -0.2) is 0 Å². The fourth-order valence-corrected chi connectivity index (χ4v) is 3.31. The number of rotatable bonds is 3. The van der Waals surface area contributed by atoms with Crippen LogP contribution in [0.15, 0.2) is 18.2 Å². The minimum Gasteiger partial charge on any atom is -0.481 e. The molecular weight excluding hydrogens is 242 g/mol. The number of benzene rings is 1. The lowest BCUT2D eigenvalue weighted by atomic mass is 9.83. The van der Waals surface area contributed by atoms with Crippen LogP contribution in [0, 0.1) is 5.92 Å². The fraction of sp³-hybridized carbons (Fsp3) is 0.467. The van der Waals surface area contributed by atoms with Crippen molar-refractivity contribution in [3.63, 3.8) is 0 Å². The molecule has 1 aliphatic carbocycles. The highest BCUT2D eigenvalue weighted by Crippen LogP contribution is 2.46. The number of nitrogens with one attached hydrogen (secondary N) is 1. The summed E-state index contributed by atoms with van der Waals surface area (Å²) in [4.78, 5) is 22.6. The summed E-state index contributed by atoms with van der Waals surface area (Å²) in [6.45, 7) is 0. The van der Waals surface area contributed by atoms with Gasteiger partial charge in [-0.15, -0.1) is 0 Å². The Bertz CT molecular complexity index is 538. The number of hydrogen-bond acceptors (Lipinski definition) is 2. The third kappa shape index (κ3) is 2.23. The summed E-state index contributed by atoms with van der Waals surface area (Å²) in [7, 11) is 0. The molecule has 1 saturated carbocycles. The minimum atomic E-state index is -0.794. The lowest BCUT2D eigenvalue weighted by Gasteiger charge is -2.28. The van der Waals surface area contributed by atoms with Gasteiger partial charge in [0.2, 0.25) is 5.91 Å². The van der Waals surface area contributed by atoms with Crippen LogP contribution in [0.2, 0.25) is 0 Å². The average molecular weight is 259 g/mol. The third-order valence-corrected chi connectivity index (χ3v) is 4.26. The van der Waals surface area contributed by atoms with Crippen molar-refractivity contribution in [2.24, 2.45) is 5.92 Å². The number of amides is 1. The van der Waals surface area contributed by atoms with Crippen LogP contribution in [-0.4, -0.2) is 17.0 Å². The summed E-state index contributed by atoms with van der Waals surface area (Å²) in [5, 5.41) is 11.7. The second-order valence-electron chi connectivity index (χ2n) is 5.45. The molecule has 100 valence electrons. The van der Waals surface area contributed by atoms with Gasteiger partial charge in [0.1, 0.15) is 0 Å². The highest BCUT2D eigenvalue weighted by atomic mass is 16.4. The van der Waals surface area contributed by atoms with Gasteiger partial charge in [-0.3, -0.25) is 9.59 Å². The SMILES string of the molecule is O=C(O)CCc1ccc2c(c1)NC(=O)C1CCCC21. The van der Waals surface area contributed by atoms with E-state index in [9.17, 15) is 9.59 Å². The Labute approximate surface area is 111 Å². The van der Waals surface area contributed by atoms with Crippen molar-refractivity contribution < 1.29 is 14.7 Å². The van der Waals surface area contributed by atoms with Crippen molar-refractivity contribution in [1.82, 2.24) is 0 Å². The molecule has 1 heterocycles. The van der Waals surface area contributed by atoms with Crippen LogP contribution in [0.25, 0.3) is 0 Å². The minimum absolute atomic E-state index is 0.124. The monoisotopic (exact) mass is 259 g/mol. The summed E-state index contributed by atoms with van der Waals surface area (Å²) in [5.74, 6) is -0.169. The van der Waals surface area contributed by atoms with Crippen LogP contribution in [-0.2, 0) is 16.0 Å². The van der Waals surface area contributed by atoms with E-state index >= 15 is 0 Å². The molecule has 4 heteroatoms. The predicted molar refractivity (Wildman–Crippen MR) is 71.1 cm³/mol. The molecule has 0 radical (unpaired) electrons. The zero-order valence-corrected chi connectivity index (χ0v) is 10.7. The van der Waals surface area contributed by atoms with Crippen LogP contribution in [0.1, 0.15) is 42.7 Å². The van der Waals surface area contributed by atoms with Gasteiger partial charge in [-0.05, 0) is 42.4 Å². The Balaban J connectivity index is 1.87. The number of hydrogen-bond donors (Lipinski definition) is 2. The number of carboxylic acid groups (broad SMARTS) is 1. The number of fused-ring (bicyclic) bond motifs is 3. The average Bonchev–Trinajstić information content (AvgIpc) is 2.86. The van der Waals surface area contributed by atoms with Crippen molar-refractivity contribution in [3.8, 4) is 0 Å². The molecule has 1 aromatic rings. The molecule has 1 fully saturated rings. The summed E-state index contributed by atoms with van der Waals surface area (Å²) >= 11 is 0. The maximum atomic E-state index is 12.0. The first-order valence-electron chi connectivity index (χ1n) is 6.80. The van der Waals surface area contributed by atoms with Gasteiger partial charge in [0.15, 0.2) is 0 Å². The Kier molecular flexibility index (Phi) is 3.01. The Morgan fingerprint density at radius 2 is 2.11 bits per heavy atom. The van der Waals surface area contributed by atoms with Crippen molar-refractivity contribution in [1.29, 1.82) is 0 Å². The Morgan fingerprint density at radius 1 is 1.32 bits per heavy atom. The normalized spacial score (nSPS) is 24.5. The van der Waals surface area contributed by atoms with E-state index in [-0.39, 0.29) is 18.2 Å². The van der Waals surface area contributed by atoms with E-state index < -0.39 is 5.97 Å². The van der Waals surface area contributed by atoms with Gasteiger partial charge in [0.05, 0.1) is 0 Å². The standard InChI is InChI=1S/C15H17NO3/c17-14(18)7-5-9-4-6-11-10-2-1-3-12(10)15(19)16-13(11)8-9/h4,6,8,10,12H,1-3,5,7H2,(H,16,19)(H,17,18). The summed E-state index contributed by atoms with van der Waals surface area (Å²) < 4.78 is 0. The van der Waals surface area contributed by atoms with Crippen LogP contribution in [0.5, 0.6) is 0 Å². The van der Waals surface area contributed by atoms with E-state index in [1.165, 1.54) is 5.56 Å². The third-order valence-electron chi connectivity index (χ3n) is 4.26. The largest absolute Gasteiger partial charge is 0.481 e. The molecule has 0 saturated heterocycles. The number of aliphatic carboxylic acids is 1. The number of carbonyl (C=O) groups is 2. The highest BCUT2D eigenvalue weighted by molar-refractivity contribution is 5.97. The second-order valence-corrected chi connectivity index (χ2v) is 5.45. The van der Waals surface area contributed by atoms with E-state index in [1.54, 1.807) is 0 Å². The molecule has 0 aromatic heterocycles. The number of aryl methyl sites for hydroxylation is 1. The molecule has 1 aliphatic heterocycles. The number of anilines is 1. The van der Waals surface area contributed by atoms with Crippen molar-refractivity contribution in [2.45, 2.75) is 38.0 Å². The first-order chi connectivity index (χ1) is 9.15. The quantitative estimate of drug-likeness (QED) is 0.876. The maximum Gasteiger partial charge on any atom is 0.303 e. The Hall–Kier alpha value is -1.84. The van der Waals surface area contributed by atoms with E-state index in [1.807, 2.05) is 12.1 Å². The van der Waals surface area contributed by atoms with Gasteiger partial charge < -0.3 is 10.4 Å². The van der Waals surface area contributed by atoms with Gasteiger partial charge in [-0.2, -0.15) is 0 Å². The molecule has 3 rings (SSSR count). The van der Waals surface area contributed by atoms with Crippen molar-refractivity contribution in [3.05, 3.63) is 29.3 Å². The van der Waals surface area contributed by atoms with Crippen LogP contribution in [0.3, 0.4) is 0 Å². The zero-order chi connectivity index (χ0) is 13.4. The molecule has 1 aromatic carbocycles. The van der Waals surface area contributed by atoms with E-state index in [4.69, 9.17) is 5.11 Å². The molecule has 1 amide bonds. The molecule has 19 heavy (non-hydrogen) atoms. The van der Waals surface area contributed by atoms with Gasteiger partial charge in [0.25, 0.3) is 0 Å². The summed E-state index contributed by atoms with van der Waals surface area (Å²) in [6.07, 6.45) is 3.81. The molecule has 2 atom stereocenters. The van der Waals surface area contributed by atoms with Crippen molar-refractivity contribution in [2.75, 3.05) is 5.32 Å².